The number of aryl methyl sites for hydroxylation is 1. The predicted molar refractivity (Wildman–Crippen MR) is 90.8 cm³/mol. The molecule has 0 radical (unpaired) electrons. The van der Waals surface area contributed by atoms with Gasteiger partial charge in [-0.25, -0.2) is 13.9 Å². The van der Waals surface area contributed by atoms with E-state index in [1.807, 2.05) is 5.32 Å². The number of anilines is 1. The zero-order valence-corrected chi connectivity index (χ0v) is 14.8. The zero-order valence-electron chi connectivity index (χ0n) is 14.8. The van der Waals surface area contributed by atoms with Crippen LogP contribution >= 0.6 is 0 Å². The summed E-state index contributed by atoms with van der Waals surface area (Å²) in [5, 5.41) is 9.01. The summed E-state index contributed by atoms with van der Waals surface area (Å²) in [6.07, 6.45) is 1.34. The minimum Gasteiger partial charge on any atom is -0.459 e. The smallest absolute Gasteiger partial charge is 0.397 e. The Balaban J connectivity index is 1.98. The Kier molecular flexibility index (Phi) is 7.07. The highest BCUT2D eigenvalue weighted by molar-refractivity contribution is 6.37. The topological polar surface area (TPSA) is 125 Å². The highest BCUT2D eigenvalue weighted by atomic mass is 19.1. The lowest BCUT2D eigenvalue weighted by atomic mass is 10.2. The lowest BCUT2D eigenvalue weighted by Crippen LogP contribution is -2.29. The van der Waals surface area contributed by atoms with Gasteiger partial charge < -0.3 is 14.6 Å². The predicted octanol–water partition coefficient (Wildman–Crippen LogP) is 0.321. The fourth-order valence-corrected chi connectivity index (χ4v) is 2.22. The van der Waals surface area contributed by atoms with Gasteiger partial charge in [0.2, 0.25) is 5.82 Å². The largest absolute Gasteiger partial charge is 0.459 e. The van der Waals surface area contributed by atoms with Gasteiger partial charge in [0.1, 0.15) is 11.9 Å². The third kappa shape index (κ3) is 5.28. The van der Waals surface area contributed by atoms with Gasteiger partial charge in [-0.15, -0.1) is 5.10 Å². The Labute approximate surface area is 157 Å². The molecular formula is C16H17F2N5O5. The van der Waals surface area contributed by atoms with Gasteiger partial charge in [0.25, 0.3) is 5.56 Å². The second-order valence-corrected chi connectivity index (χ2v) is 5.59. The van der Waals surface area contributed by atoms with Crippen molar-refractivity contribution in [1.82, 2.24) is 19.6 Å². The fourth-order valence-electron chi connectivity index (χ4n) is 2.22. The lowest BCUT2D eigenvalue weighted by Gasteiger charge is -2.11. The summed E-state index contributed by atoms with van der Waals surface area (Å²) in [5.74, 6) is -3.72. The first-order chi connectivity index (χ1) is 13.3. The van der Waals surface area contributed by atoms with Crippen LogP contribution < -0.4 is 10.9 Å². The van der Waals surface area contributed by atoms with Gasteiger partial charge in [-0.1, -0.05) is 5.21 Å². The summed E-state index contributed by atoms with van der Waals surface area (Å²) >= 11 is 0. The molecule has 10 nitrogen and oxygen atoms in total. The molecule has 0 saturated carbocycles. The molecule has 0 bridgehead atoms. The molecule has 1 unspecified atom stereocenters. The number of carbonyl (C=O) groups excluding carboxylic acids is 3. The van der Waals surface area contributed by atoms with Crippen molar-refractivity contribution in [3.05, 3.63) is 40.3 Å². The van der Waals surface area contributed by atoms with E-state index in [0.29, 0.717) is 6.29 Å². The van der Waals surface area contributed by atoms with Gasteiger partial charge >= 0.3 is 11.9 Å². The number of hydrogen-bond donors (Lipinski definition) is 1. The monoisotopic (exact) mass is 397 g/mol. The van der Waals surface area contributed by atoms with Crippen molar-refractivity contribution in [2.24, 2.45) is 0 Å². The standard InChI is InChI=1S/C16H17F2N5O5/c1-2-28-16(27)14(25)19-12-4-6-22(15(26)13(12)18)5-3-10(17)7-23-8-11(9-24)20-21-23/h4,6,8-10H,2-3,5,7H2,1H3,(H,19,25). The fraction of sp³-hybridized carbons (Fsp3) is 0.375. The van der Waals surface area contributed by atoms with Crippen LogP contribution in [0.4, 0.5) is 14.5 Å². The minimum absolute atomic E-state index is 0.0359. The van der Waals surface area contributed by atoms with Crippen LogP contribution in [-0.2, 0) is 27.4 Å². The summed E-state index contributed by atoms with van der Waals surface area (Å²) in [6.45, 7) is 1.13. The summed E-state index contributed by atoms with van der Waals surface area (Å²) in [6, 6.07) is 1.08. The SMILES string of the molecule is CCOC(=O)C(=O)Nc1ccn(CCC(F)Cn2cc(C=O)nn2)c(=O)c1F. The average Bonchev–Trinajstić information content (AvgIpc) is 3.12. The van der Waals surface area contributed by atoms with Crippen LogP contribution in [0.1, 0.15) is 23.8 Å². The first-order valence-electron chi connectivity index (χ1n) is 8.22. The molecule has 2 aromatic rings. The minimum atomic E-state index is -1.43. The number of alkyl halides is 1. The van der Waals surface area contributed by atoms with E-state index in [4.69, 9.17) is 0 Å². The van der Waals surface area contributed by atoms with Crippen LogP contribution in [0.3, 0.4) is 0 Å². The molecule has 1 amide bonds. The maximum atomic E-state index is 14.1. The van der Waals surface area contributed by atoms with Crippen LogP contribution in [0, 0.1) is 5.82 Å². The number of aldehydes is 1. The number of halogens is 2. The molecule has 0 aliphatic rings. The quantitative estimate of drug-likeness (QED) is 0.386. The van der Waals surface area contributed by atoms with Gasteiger partial charge in [-0.2, -0.15) is 4.39 Å². The number of aromatic nitrogens is 4. The van der Waals surface area contributed by atoms with Crippen LogP contribution in [0.2, 0.25) is 0 Å². The average molecular weight is 397 g/mol. The summed E-state index contributed by atoms with van der Waals surface area (Å²) < 4.78 is 34.7. The maximum absolute atomic E-state index is 14.1. The lowest BCUT2D eigenvalue weighted by molar-refractivity contribution is -0.152. The van der Waals surface area contributed by atoms with Crippen molar-refractivity contribution in [1.29, 1.82) is 0 Å². The number of esters is 1. The van der Waals surface area contributed by atoms with Crippen molar-refractivity contribution < 1.29 is 27.9 Å². The van der Waals surface area contributed by atoms with Gasteiger partial charge in [0, 0.05) is 12.7 Å². The third-order valence-corrected chi connectivity index (χ3v) is 3.56. The first kappa shape index (κ1) is 20.9. The second kappa shape index (κ2) is 9.48. The number of carbonyl (C=O) groups is 3. The Morgan fingerprint density at radius 3 is 2.82 bits per heavy atom. The Morgan fingerprint density at radius 2 is 2.18 bits per heavy atom. The summed E-state index contributed by atoms with van der Waals surface area (Å²) in [4.78, 5) is 45.3. The van der Waals surface area contributed by atoms with Crippen LogP contribution in [0.15, 0.2) is 23.3 Å². The molecule has 0 spiro atoms. The third-order valence-electron chi connectivity index (χ3n) is 3.56. The van der Waals surface area contributed by atoms with Gasteiger partial charge in [-0.05, 0) is 19.4 Å². The van der Waals surface area contributed by atoms with E-state index >= 15 is 0 Å². The molecule has 0 aliphatic heterocycles. The van der Waals surface area contributed by atoms with E-state index in [0.717, 1.165) is 15.3 Å². The summed E-state index contributed by atoms with van der Waals surface area (Å²) in [7, 11) is 0. The first-order valence-corrected chi connectivity index (χ1v) is 8.22. The zero-order chi connectivity index (χ0) is 20.7. The van der Waals surface area contributed by atoms with E-state index in [1.54, 1.807) is 0 Å². The molecule has 2 heterocycles. The Bertz CT molecular complexity index is 926. The number of rotatable bonds is 8. The number of nitrogens with zero attached hydrogens (tertiary/aromatic N) is 4. The molecule has 0 fully saturated rings. The molecule has 0 saturated heterocycles. The molecular weight excluding hydrogens is 380 g/mol. The highest BCUT2D eigenvalue weighted by Crippen LogP contribution is 2.10. The van der Waals surface area contributed by atoms with E-state index < -0.39 is 35.1 Å². The van der Waals surface area contributed by atoms with Gasteiger partial charge in [0.05, 0.1) is 25.0 Å². The molecule has 150 valence electrons. The number of hydrogen-bond acceptors (Lipinski definition) is 7. The van der Waals surface area contributed by atoms with Crippen molar-refractivity contribution in [3.63, 3.8) is 0 Å². The molecule has 1 N–H and O–H groups in total. The van der Waals surface area contributed by atoms with Crippen LogP contribution in [-0.4, -0.2) is 50.5 Å². The van der Waals surface area contributed by atoms with E-state index in [1.165, 1.54) is 19.3 Å². The van der Waals surface area contributed by atoms with E-state index in [9.17, 15) is 28.0 Å². The van der Waals surface area contributed by atoms with E-state index in [2.05, 4.69) is 15.0 Å². The molecule has 1 atom stereocenters. The van der Waals surface area contributed by atoms with Crippen molar-refractivity contribution in [3.8, 4) is 0 Å². The molecule has 0 aromatic carbocycles. The highest BCUT2D eigenvalue weighted by Gasteiger charge is 2.19. The molecule has 12 heteroatoms. The maximum Gasteiger partial charge on any atom is 0.397 e. The Morgan fingerprint density at radius 1 is 1.43 bits per heavy atom. The second-order valence-electron chi connectivity index (χ2n) is 5.59. The Hall–Kier alpha value is -3.44. The van der Waals surface area contributed by atoms with Crippen molar-refractivity contribution in [2.45, 2.75) is 32.6 Å². The van der Waals surface area contributed by atoms with Crippen LogP contribution in [0.25, 0.3) is 0 Å². The van der Waals surface area contributed by atoms with Crippen molar-refractivity contribution >= 4 is 23.9 Å². The summed E-state index contributed by atoms with van der Waals surface area (Å²) in [5.41, 5.74) is -1.51. The molecule has 28 heavy (non-hydrogen) atoms. The molecule has 2 aromatic heterocycles. The van der Waals surface area contributed by atoms with E-state index in [-0.39, 0.29) is 31.8 Å². The number of amides is 1. The van der Waals surface area contributed by atoms with Crippen molar-refractivity contribution in [2.75, 3.05) is 11.9 Å². The molecule has 2 rings (SSSR count). The number of nitrogens with one attached hydrogen (secondary N) is 1. The number of pyridine rings is 1. The number of ether oxygens (including phenoxy) is 1. The van der Waals surface area contributed by atoms with Crippen LogP contribution in [0.5, 0.6) is 0 Å². The molecule has 0 aliphatic carbocycles. The normalized spacial score (nSPS) is 11.7. The van der Waals surface area contributed by atoms with Gasteiger partial charge in [0.15, 0.2) is 6.29 Å². The van der Waals surface area contributed by atoms with Gasteiger partial charge in [-0.3, -0.25) is 14.4 Å².